The zero-order valence-electron chi connectivity index (χ0n) is 18.4. The van der Waals surface area contributed by atoms with E-state index >= 15 is 0 Å². The number of aromatic nitrogens is 2. The van der Waals surface area contributed by atoms with Crippen molar-refractivity contribution in [3.05, 3.63) is 72.5 Å². The van der Waals surface area contributed by atoms with Crippen molar-refractivity contribution in [2.75, 3.05) is 6.61 Å². The SMILES string of the molecule is CCOc1cc(/C=C2\SC(=N)[C@H](c3nnc(CC)s3)C2=O)ccc1OCc1ccc(Cl)c(Cl)c1. The van der Waals surface area contributed by atoms with Gasteiger partial charge in [-0.25, -0.2) is 0 Å². The smallest absolute Gasteiger partial charge is 0.186 e. The van der Waals surface area contributed by atoms with Crippen LogP contribution in [0.15, 0.2) is 41.3 Å². The summed E-state index contributed by atoms with van der Waals surface area (Å²) in [5, 5.41) is 19.2. The topological polar surface area (TPSA) is 85.2 Å². The standard InChI is InChI=1S/C24H21Cl2N3O3S2/c1-3-20-28-29-24(34-20)21-22(30)19(33-23(21)27)11-13-6-8-17(18(10-13)31-4-2)32-12-14-5-7-15(25)16(26)9-14/h5-11,21,27H,3-4,12H2,1-2H3/b19-11-,27-23?/t21-/m1/s1. The fourth-order valence-electron chi connectivity index (χ4n) is 3.28. The van der Waals surface area contributed by atoms with Crippen molar-refractivity contribution in [3.8, 4) is 11.5 Å². The Labute approximate surface area is 215 Å². The van der Waals surface area contributed by atoms with Crippen molar-refractivity contribution in [3.63, 3.8) is 0 Å². The molecule has 1 aromatic heterocycles. The van der Waals surface area contributed by atoms with Crippen molar-refractivity contribution in [2.45, 2.75) is 32.8 Å². The summed E-state index contributed by atoms with van der Waals surface area (Å²) in [5.74, 6) is 0.337. The average Bonchev–Trinajstić information content (AvgIpc) is 3.39. The van der Waals surface area contributed by atoms with Gasteiger partial charge in [-0.3, -0.25) is 10.2 Å². The van der Waals surface area contributed by atoms with Gasteiger partial charge in [0.05, 0.1) is 26.6 Å². The van der Waals surface area contributed by atoms with E-state index in [4.69, 9.17) is 38.1 Å². The largest absolute Gasteiger partial charge is 0.490 e. The number of hydrogen-bond donors (Lipinski definition) is 1. The Morgan fingerprint density at radius 3 is 2.59 bits per heavy atom. The Morgan fingerprint density at radius 2 is 1.88 bits per heavy atom. The van der Waals surface area contributed by atoms with E-state index in [1.165, 1.54) is 11.3 Å². The zero-order chi connectivity index (χ0) is 24.2. The number of carbonyl (C=O) groups is 1. The van der Waals surface area contributed by atoms with E-state index in [9.17, 15) is 4.79 Å². The van der Waals surface area contributed by atoms with E-state index in [1.807, 2.05) is 32.0 Å². The van der Waals surface area contributed by atoms with E-state index in [0.717, 1.165) is 34.3 Å². The quantitative estimate of drug-likeness (QED) is 0.320. The number of allylic oxidation sites excluding steroid dienone is 1. The third-order valence-electron chi connectivity index (χ3n) is 4.96. The van der Waals surface area contributed by atoms with Crippen molar-refractivity contribution in [1.29, 1.82) is 5.41 Å². The molecule has 1 aliphatic rings. The lowest BCUT2D eigenvalue weighted by Gasteiger charge is -2.13. The van der Waals surface area contributed by atoms with Crippen LogP contribution in [0.4, 0.5) is 0 Å². The summed E-state index contributed by atoms with van der Waals surface area (Å²) in [6.45, 7) is 4.63. The third-order valence-corrected chi connectivity index (χ3v) is 7.83. The molecular weight excluding hydrogens is 513 g/mol. The number of thioether (sulfide) groups is 1. The minimum atomic E-state index is -0.672. The highest BCUT2D eigenvalue weighted by atomic mass is 35.5. The molecule has 0 radical (unpaired) electrons. The second kappa shape index (κ2) is 10.9. The normalized spacial score (nSPS) is 16.9. The number of nitrogens with one attached hydrogen (secondary N) is 1. The van der Waals surface area contributed by atoms with Crippen LogP contribution in [0.2, 0.25) is 10.0 Å². The van der Waals surface area contributed by atoms with Crippen LogP contribution in [0.5, 0.6) is 11.5 Å². The summed E-state index contributed by atoms with van der Waals surface area (Å²) in [4.78, 5) is 13.5. The first kappa shape index (κ1) is 24.7. The highest BCUT2D eigenvalue weighted by molar-refractivity contribution is 8.19. The maximum Gasteiger partial charge on any atom is 0.186 e. The number of rotatable bonds is 8. The first-order chi connectivity index (χ1) is 16.4. The number of carbonyl (C=O) groups excluding carboxylic acids is 1. The second-order valence-corrected chi connectivity index (χ2v) is 10.3. The maximum atomic E-state index is 13.0. The minimum Gasteiger partial charge on any atom is -0.490 e. The van der Waals surface area contributed by atoms with Gasteiger partial charge in [-0.05, 0) is 54.8 Å². The molecule has 2 heterocycles. The molecule has 4 rings (SSSR count). The van der Waals surface area contributed by atoms with Gasteiger partial charge in [0.15, 0.2) is 17.3 Å². The van der Waals surface area contributed by atoms with Gasteiger partial charge in [-0.15, -0.1) is 21.5 Å². The summed E-state index contributed by atoms with van der Waals surface area (Å²) >= 11 is 14.6. The fraction of sp³-hybridized carbons (Fsp3) is 0.250. The third kappa shape index (κ3) is 5.46. The predicted molar refractivity (Wildman–Crippen MR) is 139 cm³/mol. The van der Waals surface area contributed by atoms with Crippen LogP contribution < -0.4 is 9.47 Å². The summed E-state index contributed by atoms with van der Waals surface area (Å²) in [6, 6.07) is 10.8. The zero-order valence-corrected chi connectivity index (χ0v) is 21.6. The number of benzene rings is 2. The number of ketones is 1. The Bertz CT molecular complexity index is 1280. The van der Waals surface area contributed by atoms with Gasteiger partial charge in [0.2, 0.25) is 0 Å². The van der Waals surface area contributed by atoms with Gasteiger partial charge in [0, 0.05) is 0 Å². The van der Waals surface area contributed by atoms with Crippen LogP contribution in [-0.2, 0) is 17.8 Å². The molecule has 0 amide bonds. The van der Waals surface area contributed by atoms with Crippen molar-refractivity contribution in [1.82, 2.24) is 10.2 Å². The molecule has 0 unspecified atom stereocenters. The summed E-state index contributed by atoms with van der Waals surface area (Å²) in [5.41, 5.74) is 1.66. The number of hydrogen-bond acceptors (Lipinski definition) is 8. The highest BCUT2D eigenvalue weighted by Gasteiger charge is 2.39. The number of nitrogens with zero attached hydrogens (tertiary/aromatic N) is 2. The van der Waals surface area contributed by atoms with Crippen LogP contribution in [-0.4, -0.2) is 27.6 Å². The maximum absolute atomic E-state index is 13.0. The van der Waals surface area contributed by atoms with E-state index < -0.39 is 5.92 Å². The average molecular weight is 534 g/mol. The van der Waals surface area contributed by atoms with Gasteiger partial charge in [0.1, 0.15) is 22.5 Å². The number of aryl methyl sites for hydroxylation is 1. The van der Waals surface area contributed by atoms with Crippen LogP contribution in [0, 0.1) is 5.41 Å². The molecule has 0 bridgehead atoms. The number of halogens is 2. The fourth-order valence-corrected chi connectivity index (χ4v) is 5.56. The van der Waals surface area contributed by atoms with Gasteiger partial charge in [0.25, 0.3) is 0 Å². The second-order valence-electron chi connectivity index (χ2n) is 7.34. The molecular formula is C24H21Cl2N3O3S2. The number of ether oxygens (including phenoxy) is 2. The molecule has 1 saturated heterocycles. The lowest BCUT2D eigenvalue weighted by molar-refractivity contribution is -0.114. The molecule has 2 aromatic carbocycles. The van der Waals surface area contributed by atoms with Crippen molar-refractivity contribution >= 4 is 63.2 Å². The van der Waals surface area contributed by atoms with Gasteiger partial charge < -0.3 is 9.47 Å². The Balaban J connectivity index is 1.53. The molecule has 0 spiro atoms. The molecule has 1 atom stereocenters. The van der Waals surface area contributed by atoms with Gasteiger partial charge >= 0.3 is 0 Å². The molecule has 0 aliphatic carbocycles. The summed E-state index contributed by atoms with van der Waals surface area (Å²) in [7, 11) is 0. The van der Waals surface area contributed by atoms with E-state index in [0.29, 0.717) is 44.7 Å². The first-order valence-electron chi connectivity index (χ1n) is 10.6. The molecule has 176 valence electrons. The molecule has 3 aromatic rings. The predicted octanol–water partition coefficient (Wildman–Crippen LogP) is 6.80. The summed E-state index contributed by atoms with van der Waals surface area (Å²) < 4.78 is 11.7. The van der Waals surface area contributed by atoms with Gasteiger partial charge in [-0.2, -0.15) is 0 Å². The van der Waals surface area contributed by atoms with Crippen LogP contribution in [0.25, 0.3) is 6.08 Å². The van der Waals surface area contributed by atoms with E-state index in [2.05, 4.69) is 10.2 Å². The minimum absolute atomic E-state index is 0.133. The Hall–Kier alpha value is -2.39. The molecule has 10 heteroatoms. The van der Waals surface area contributed by atoms with Crippen LogP contribution >= 0.6 is 46.3 Å². The lowest BCUT2D eigenvalue weighted by atomic mass is 10.1. The lowest BCUT2D eigenvalue weighted by Crippen LogP contribution is -2.11. The van der Waals surface area contributed by atoms with Crippen molar-refractivity contribution in [2.24, 2.45) is 0 Å². The van der Waals surface area contributed by atoms with Crippen molar-refractivity contribution < 1.29 is 14.3 Å². The monoisotopic (exact) mass is 533 g/mol. The van der Waals surface area contributed by atoms with Crippen LogP contribution in [0.1, 0.15) is 40.9 Å². The molecule has 1 aliphatic heterocycles. The Morgan fingerprint density at radius 1 is 1.06 bits per heavy atom. The highest BCUT2D eigenvalue weighted by Crippen LogP contribution is 2.42. The molecule has 1 fully saturated rings. The summed E-state index contributed by atoms with van der Waals surface area (Å²) in [6.07, 6.45) is 2.52. The van der Waals surface area contributed by atoms with Crippen LogP contribution in [0.3, 0.4) is 0 Å². The molecule has 6 nitrogen and oxygen atoms in total. The van der Waals surface area contributed by atoms with E-state index in [-0.39, 0.29) is 10.8 Å². The Kier molecular flexibility index (Phi) is 7.93. The molecule has 0 saturated carbocycles. The van der Waals surface area contributed by atoms with E-state index in [1.54, 1.807) is 24.3 Å². The van der Waals surface area contributed by atoms with Gasteiger partial charge in [-0.1, -0.05) is 54.0 Å². The first-order valence-corrected chi connectivity index (χ1v) is 13.0. The number of Topliss-reactive ketones (excluding diaryl/α,β-unsaturated/α-hetero) is 1. The molecule has 1 N–H and O–H groups in total. The molecule has 34 heavy (non-hydrogen) atoms.